The number of para-hydroxylation sites is 1. The van der Waals surface area contributed by atoms with E-state index in [-0.39, 0.29) is 17.4 Å². The van der Waals surface area contributed by atoms with Crippen molar-refractivity contribution in [1.29, 1.82) is 0 Å². The van der Waals surface area contributed by atoms with Crippen molar-refractivity contribution in [2.24, 2.45) is 5.92 Å². The molecule has 2 heterocycles. The first-order chi connectivity index (χ1) is 16.8. The molecule has 0 aromatic heterocycles. The van der Waals surface area contributed by atoms with Gasteiger partial charge in [0.15, 0.2) is 17.6 Å². The summed E-state index contributed by atoms with van der Waals surface area (Å²) >= 11 is 9.67. The first-order valence-electron chi connectivity index (χ1n) is 11.1. The first kappa shape index (κ1) is 23.7. The minimum Gasteiger partial charge on any atom is -0.503 e. The highest BCUT2D eigenvalue weighted by Gasteiger charge is 2.60. The SMILES string of the molecule is CCOc1cc([C@@H]2[C@@H]3C(=O)N(c4cccc(Cl)c4C)C(=O)[C@@H]3ON2c2ccccc2)cc(Br)c1O. The summed E-state index contributed by atoms with van der Waals surface area (Å²) in [7, 11) is 0. The second-order valence-electron chi connectivity index (χ2n) is 8.34. The number of hydroxylamine groups is 1. The predicted octanol–water partition coefficient (Wildman–Crippen LogP) is 5.57. The lowest BCUT2D eigenvalue weighted by Gasteiger charge is -2.29. The molecule has 0 unspecified atom stereocenters. The number of phenols is 1. The number of carbonyl (C=O) groups is 2. The van der Waals surface area contributed by atoms with Gasteiger partial charge in [-0.2, -0.15) is 0 Å². The van der Waals surface area contributed by atoms with Gasteiger partial charge in [0.05, 0.1) is 28.5 Å². The fourth-order valence-electron chi connectivity index (χ4n) is 4.66. The van der Waals surface area contributed by atoms with E-state index in [1.807, 2.05) is 37.3 Å². The molecule has 2 aliphatic heterocycles. The van der Waals surface area contributed by atoms with Crippen LogP contribution in [0.1, 0.15) is 24.1 Å². The van der Waals surface area contributed by atoms with Gasteiger partial charge in [-0.3, -0.25) is 14.4 Å². The summed E-state index contributed by atoms with van der Waals surface area (Å²) in [5.74, 6) is -1.42. The molecule has 3 aromatic carbocycles. The van der Waals surface area contributed by atoms with E-state index >= 15 is 0 Å². The predicted molar refractivity (Wildman–Crippen MR) is 136 cm³/mol. The Morgan fingerprint density at radius 1 is 1.09 bits per heavy atom. The number of amides is 2. The van der Waals surface area contributed by atoms with Crippen LogP contribution in [0.25, 0.3) is 0 Å². The molecule has 2 saturated heterocycles. The first-order valence-corrected chi connectivity index (χ1v) is 12.3. The number of ether oxygens (including phenoxy) is 1. The van der Waals surface area contributed by atoms with Crippen LogP contribution in [-0.2, 0) is 14.4 Å². The summed E-state index contributed by atoms with van der Waals surface area (Å²) in [6.07, 6.45) is -1.02. The van der Waals surface area contributed by atoms with E-state index in [0.717, 1.165) is 0 Å². The Bertz CT molecular complexity index is 1320. The van der Waals surface area contributed by atoms with Crippen molar-refractivity contribution in [3.05, 3.63) is 81.3 Å². The zero-order valence-electron chi connectivity index (χ0n) is 18.9. The number of nitrogens with zero attached hydrogens (tertiary/aromatic N) is 2. The molecule has 2 aliphatic rings. The summed E-state index contributed by atoms with van der Waals surface area (Å²) < 4.78 is 6.03. The number of aromatic hydroxyl groups is 1. The number of fused-ring (bicyclic) bond motifs is 1. The largest absolute Gasteiger partial charge is 0.503 e. The lowest BCUT2D eigenvalue weighted by Crippen LogP contribution is -2.37. The van der Waals surface area contributed by atoms with E-state index in [4.69, 9.17) is 21.2 Å². The van der Waals surface area contributed by atoms with Gasteiger partial charge in [-0.15, -0.1) is 0 Å². The molecule has 5 rings (SSSR count). The molecule has 0 saturated carbocycles. The van der Waals surface area contributed by atoms with Crippen molar-refractivity contribution < 1.29 is 24.3 Å². The number of anilines is 2. The molecule has 1 N–H and O–H groups in total. The van der Waals surface area contributed by atoms with Gasteiger partial charge in [0.2, 0.25) is 5.91 Å². The van der Waals surface area contributed by atoms with E-state index in [1.165, 1.54) is 4.90 Å². The number of imide groups is 1. The van der Waals surface area contributed by atoms with Crippen LogP contribution in [0, 0.1) is 12.8 Å². The molecule has 3 atom stereocenters. The standard InChI is InChI=1S/C26H22BrClN2O5/c1-3-34-20-13-15(12-17(27)23(20)31)22-21-24(35-30(22)16-8-5-4-6-9-16)26(33)29(25(21)32)19-11-7-10-18(28)14(19)2/h4-13,21-22,24,31H,3H2,1-2H3/t21-,22+,24+/m0/s1. The minimum atomic E-state index is -1.02. The van der Waals surface area contributed by atoms with Gasteiger partial charge in [0.1, 0.15) is 5.92 Å². The number of hydrogen-bond donors (Lipinski definition) is 1. The third-order valence-corrected chi connectivity index (χ3v) is 7.31. The highest BCUT2D eigenvalue weighted by molar-refractivity contribution is 9.10. The number of rotatable bonds is 5. The molecule has 35 heavy (non-hydrogen) atoms. The van der Waals surface area contributed by atoms with Crippen LogP contribution < -0.4 is 14.7 Å². The topological polar surface area (TPSA) is 79.3 Å². The number of hydrogen-bond acceptors (Lipinski definition) is 6. The lowest BCUT2D eigenvalue weighted by atomic mass is 9.90. The Labute approximate surface area is 215 Å². The maximum Gasteiger partial charge on any atom is 0.266 e. The Morgan fingerprint density at radius 2 is 1.83 bits per heavy atom. The third kappa shape index (κ3) is 3.86. The van der Waals surface area contributed by atoms with Crippen LogP contribution in [0.2, 0.25) is 5.02 Å². The van der Waals surface area contributed by atoms with E-state index in [9.17, 15) is 14.7 Å². The number of phenolic OH excluding ortho intramolecular Hbond substituents is 1. The second-order valence-corrected chi connectivity index (χ2v) is 9.60. The molecule has 9 heteroatoms. The van der Waals surface area contributed by atoms with E-state index in [0.29, 0.717) is 38.6 Å². The molecule has 7 nitrogen and oxygen atoms in total. The van der Waals surface area contributed by atoms with E-state index < -0.39 is 24.0 Å². The van der Waals surface area contributed by atoms with Crippen molar-refractivity contribution in [2.75, 3.05) is 16.6 Å². The molecule has 2 amide bonds. The van der Waals surface area contributed by atoms with Gasteiger partial charge in [-0.05, 0) is 77.3 Å². The second kappa shape index (κ2) is 9.18. The molecule has 0 bridgehead atoms. The zero-order chi connectivity index (χ0) is 24.9. The molecule has 180 valence electrons. The zero-order valence-corrected chi connectivity index (χ0v) is 21.3. The van der Waals surface area contributed by atoms with E-state index in [2.05, 4.69) is 15.9 Å². The van der Waals surface area contributed by atoms with Crippen molar-refractivity contribution >= 4 is 50.7 Å². The molecule has 3 aromatic rings. The van der Waals surface area contributed by atoms with Gasteiger partial charge in [-0.1, -0.05) is 35.9 Å². The Morgan fingerprint density at radius 3 is 2.54 bits per heavy atom. The van der Waals surface area contributed by atoms with Crippen LogP contribution in [0.15, 0.2) is 65.1 Å². The number of halogens is 2. The summed E-state index contributed by atoms with van der Waals surface area (Å²) in [6.45, 7) is 3.93. The average Bonchev–Trinajstić information content (AvgIpc) is 3.35. The average molecular weight is 558 g/mol. The highest BCUT2D eigenvalue weighted by Crippen LogP contribution is 2.50. The smallest absolute Gasteiger partial charge is 0.266 e. The van der Waals surface area contributed by atoms with Gasteiger partial charge >= 0.3 is 0 Å². The number of carbonyl (C=O) groups excluding carboxylic acids is 2. The highest BCUT2D eigenvalue weighted by atomic mass is 79.9. The molecular formula is C26H22BrClN2O5. The van der Waals surface area contributed by atoms with Crippen LogP contribution in [0.4, 0.5) is 11.4 Å². The van der Waals surface area contributed by atoms with Gasteiger partial charge in [0.25, 0.3) is 5.91 Å². The fraction of sp³-hybridized carbons (Fsp3) is 0.231. The van der Waals surface area contributed by atoms with Crippen LogP contribution in [0.5, 0.6) is 11.5 Å². The van der Waals surface area contributed by atoms with Gasteiger partial charge in [-0.25, -0.2) is 9.96 Å². The Hall–Kier alpha value is -3.07. The van der Waals surface area contributed by atoms with Crippen LogP contribution >= 0.6 is 27.5 Å². The Balaban J connectivity index is 1.64. The quantitative estimate of drug-likeness (QED) is 0.414. The monoisotopic (exact) mass is 556 g/mol. The minimum absolute atomic E-state index is 0.0395. The van der Waals surface area contributed by atoms with Gasteiger partial charge < -0.3 is 9.84 Å². The lowest BCUT2D eigenvalue weighted by molar-refractivity contribution is -0.126. The summed E-state index contributed by atoms with van der Waals surface area (Å²) in [5.41, 5.74) is 2.43. The summed E-state index contributed by atoms with van der Waals surface area (Å²) in [5, 5.41) is 12.5. The molecule has 0 radical (unpaired) electrons. The molecule has 2 fully saturated rings. The maximum atomic E-state index is 13.8. The molecule has 0 aliphatic carbocycles. The van der Waals surface area contributed by atoms with Crippen molar-refractivity contribution in [3.63, 3.8) is 0 Å². The molecular weight excluding hydrogens is 536 g/mol. The fourth-order valence-corrected chi connectivity index (χ4v) is 5.29. The van der Waals surface area contributed by atoms with Crippen molar-refractivity contribution in [1.82, 2.24) is 0 Å². The number of benzene rings is 3. The van der Waals surface area contributed by atoms with Crippen molar-refractivity contribution in [3.8, 4) is 11.5 Å². The van der Waals surface area contributed by atoms with Crippen LogP contribution in [0.3, 0.4) is 0 Å². The maximum absolute atomic E-state index is 13.8. The third-order valence-electron chi connectivity index (χ3n) is 6.30. The Kier molecular flexibility index (Phi) is 6.21. The molecule has 0 spiro atoms. The van der Waals surface area contributed by atoms with E-state index in [1.54, 1.807) is 42.3 Å². The summed E-state index contributed by atoms with van der Waals surface area (Å²) in [6, 6.07) is 17.1. The van der Waals surface area contributed by atoms with Gasteiger partial charge in [0, 0.05) is 5.02 Å². The van der Waals surface area contributed by atoms with Crippen LogP contribution in [-0.4, -0.2) is 29.6 Å². The summed E-state index contributed by atoms with van der Waals surface area (Å²) in [4.78, 5) is 34.7. The normalized spacial score (nSPS) is 21.5. The van der Waals surface area contributed by atoms with Crippen molar-refractivity contribution in [2.45, 2.75) is 26.0 Å².